The van der Waals surface area contributed by atoms with Crippen LogP contribution in [0, 0.1) is 0 Å². The first-order valence-electron chi connectivity index (χ1n) is 9.85. The second-order valence-corrected chi connectivity index (χ2v) is 6.87. The maximum absolute atomic E-state index is 12.5. The van der Waals surface area contributed by atoms with E-state index in [2.05, 4.69) is 0 Å². The number of hydrogen-bond acceptors (Lipinski definition) is 4. The molecule has 0 radical (unpaired) electrons. The van der Waals surface area contributed by atoms with Gasteiger partial charge in [0.1, 0.15) is 5.75 Å². The first-order chi connectivity index (χ1) is 14.6. The Morgan fingerprint density at radius 2 is 1.47 bits per heavy atom. The average molecular weight is 404 g/mol. The van der Waals surface area contributed by atoms with E-state index in [1.807, 2.05) is 72.8 Å². The van der Waals surface area contributed by atoms with E-state index in [1.54, 1.807) is 12.1 Å². The Balaban J connectivity index is 1.56. The number of esters is 1. The van der Waals surface area contributed by atoms with Crippen LogP contribution >= 0.6 is 0 Å². The molecule has 0 saturated heterocycles. The van der Waals surface area contributed by atoms with E-state index in [0.29, 0.717) is 18.6 Å². The second kappa shape index (κ2) is 10.8. The molecule has 5 heteroatoms. The lowest BCUT2D eigenvalue weighted by molar-refractivity contribution is -0.147. The minimum absolute atomic E-state index is 0.258. The predicted molar refractivity (Wildman–Crippen MR) is 113 cm³/mol. The Kier molecular flexibility index (Phi) is 7.61. The summed E-state index contributed by atoms with van der Waals surface area (Å²) < 4.78 is 11.0. The summed E-state index contributed by atoms with van der Waals surface area (Å²) in [4.78, 5) is 23.1. The summed E-state index contributed by atoms with van der Waals surface area (Å²) in [6.07, 6.45) is 1.14. The molecule has 0 aliphatic rings. The van der Waals surface area contributed by atoms with Gasteiger partial charge in [0.05, 0.1) is 0 Å². The Labute approximate surface area is 175 Å². The van der Waals surface area contributed by atoms with E-state index in [0.717, 1.165) is 16.7 Å². The molecule has 0 amide bonds. The molecular weight excluding hydrogens is 380 g/mol. The maximum atomic E-state index is 12.5. The molecule has 1 N–H and O–H groups in total. The fourth-order valence-electron chi connectivity index (χ4n) is 3.15. The van der Waals surface area contributed by atoms with Gasteiger partial charge in [0.15, 0.2) is 12.7 Å². The van der Waals surface area contributed by atoms with Gasteiger partial charge in [0.25, 0.3) is 0 Å². The van der Waals surface area contributed by atoms with Gasteiger partial charge in [0.2, 0.25) is 0 Å². The van der Waals surface area contributed by atoms with E-state index < -0.39 is 12.1 Å². The highest BCUT2D eigenvalue weighted by atomic mass is 16.5. The number of carbonyl (C=O) groups excluding carboxylic acids is 1. The number of aryl methyl sites for hydroxylation is 1. The number of aliphatic carboxylic acids is 1. The van der Waals surface area contributed by atoms with Crippen molar-refractivity contribution in [1.29, 1.82) is 0 Å². The summed E-state index contributed by atoms with van der Waals surface area (Å²) in [5.41, 5.74) is 2.84. The van der Waals surface area contributed by atoms with Gasteiger partial charge in [-0.1, -0.05) is 72.8 Å². The highest BCUT2D eigenvalue weighted by Crippen LogP contribution is 2.26. The van der Waals surface area contributed by atoms with Crippen molar-refractivity contribution in [3.05, 3.63) is 102 Å². The molecule has 3 rings (SSSR count). The van der Waals surface area contributed by atoms with Gasteiger partial charge >= 0.3 is 11.9 Å². The second-order valence-electron chi connectivity index (χ2n) is 6.87. The van der Waals surface area contributed by atoms with Crippen LogP contribution < -0.4 is 4.74 Å². The fourth-order valence-corrected chi connectivity index (χ4v) is 3.15. The SMILES string of the molecule is O=C(O)COc1cccc(CCCC(=O)OC(c2ccccc2)c2ccccc2)c1. The number of hydrogen-bond donors (Lipinski definition) is 1. The minimum Gasteiger partial charge on any atom is -0.482 e. The first kappa shape index (κ1) is 21.1. The zero-order valence-corrected chi connectivity index (χ0v) is 16.6. The summed E-state index contributed by atoms with van der Waals surface area (Å²) in [5.74, 6) is -0.772. The van der Waals surface area contributed by atoms with Crippen molar-refractivity contribution >= 4 is 11.9 Å². The largest absolute Gasteiger partial charge is 0.482 e. The maximum Gasteiger partial charge on any atom is 0.341 e. The van der Waals surface area contributed by atoms with Crippen molar-refractivity contribution < 1.29 is 24.2 Å². The molecule has 154 valence electrons. The van der Waals surface area contributed by atoms with E-state index >= 15 is 0 Å². The number of carbonyl (C=O) groups is 2. The van der Waals surface area contributed by atoms with Crippen molar-refractivity contribution in [3.8, 4) is 5.75 Å². The van der Waals surface area contributed by atoms with Gasteiger partial charge in [-0.2, -0.15) is 0 Å². The van der Waals surface area contributed by atoms with E-state index in [-0.39, 0.29) is 19.0 Å². The van der Waals surface area contributed by atoms with E-state index in [9.17, 15) is 9.59 Å². The summed E-state index contributed by atoms with van der Waals surface area (Å²) in [7, 11) is 0. The minimum atomic E-state index is -1.02. The van der Waals surface area contributed by atoms with Crippen LogP contribution in [0.5, 0.6) is 5.75 Å². The number of rotatable bonds is 10. The molecule has 3 aromatic rings. The Bertz CT molecular complexity index is 914. The standard InChI is InChI=1S/C25H24O5/c26-23(27)18-29-22-15-7-9-19(17-22)10-8-16-24(28)30-25(20-11-3-1-4-12-20)21-13-5-2-6-14-21/h1-7,9,11-15,17,25H,8,10,16,18H2,(H,26,27). The van der Waals surface area contributed by atoms with Gasteiger partial charge in [-0.25, -0.2) is 4.79 Å². The van der Waals surface area contributed by atoms with Gasteiger partial charge in [0, 0.05) is 6.42 Å². The molecule has 0 spiro atoms. The highest BCUT2D eigenvalue weighted by Gasteiger charge is 2.18. The van der Waals surface area contributed by atoms with Crippen LogP contribution in [0.2, 0.25) is 0 Å². The predicted octanol–water partition coefficient (Wildman–Crippen LogP) is 4.81. The topological polar surface area (TPSA) is 72.8 Å². The van der Waals surface area contributed by atoms with E-state index in [4.69, 9.17) is 14.6 Å². The van der Waals surface area contributed by atoms with Crippen LogP contribution in [0.1, 0.15) is 35.6 Å². The van der Waals surface area contributed by atoms with Crippen molar-refractivity contribution in [3.63, 3.8) is 0 Å². The number of benzene rings is 3. The van der Waals surface area contributed by atoms with Crippen LogP contribution in [0.15, 0.2) is 84.9 Å². The van der Waals surface area contributed by atoms with Gasteiger partial charge < -0.3 is 14.6 Å². The lowest BCUT2D eigenvalue weighted by Crippen LogP contribution is -2.13. The normalized spacial score (nSPS) is 10.6. The molecule has 0 heterocycles. The average Bonchev–Trinajstić information content (AvgIpc) is 2.77. The fraction of sp³-hybridized carbons (Fsp3) is 0.200. The van der Waals surface area contributed by atoms with Crippen molar-refractivity contribution in [2.24, 2.45) is 0 Å². The number of ether oxygens (including phenoxy) is 2. The molecule has 0 bridgehead atoms. The summed E-state index contributed by atoms with van der Waals surface area (Å²) in [5, 5.41) is 8.71. The zero-order chi connectivity index (χ0) is 21.2. The molecule has 0 aromatic heterocycles. The molecule has 0 aliphatic heterocycles. The van der Waals surface area contributed by atoms with Crippen LogP contribution in [-0.2, 0) is 20.7 Å². The highest BCUT2D eigenvalue weighted by molar-refractivity contribution is 5.70. The summed E-state index contributed by atoms with van der Waals surface area (Å²) in [6.45, 7) is -0.379. The molecule has 0 atom stereocenters. The Morgan fingerprint density at radius 3 is 2.07 bits per heavy atom. The molecule has 0 fully saturated rings. The monoisotopic (exact) mass is 404 g/mol. The zero-order valence-electron chi connectivity index (χ0n) is 16.6. The molecular formula is C25H24O5. The van der Waals surface area contributed by atoms with Crippen molar-refractivity contribution in [2.75, 3.05) is 6.61 Å². The molecule has 5 nitrogen and oxygen atoms in total. The van der Waals surface area contributed by atoms with Crippen LogP contribution in [0.3, 0.4) is 0 Å². The van der Waals surface area contributed by atoms with Crippen molar-refractivity contribution in [2.45, 2.75) is 25.4 Å². The smallest absolute Gasteiger partial charge is 0.341 e. The molecule has 0 unspecified atom stereocenters. The van der Waals surface area contributed by atoms with E-state index in [1.165, 1.54) is 0 Å². The van der Waals surface area contributed by atoms with Gasteiger partial charge in [-0.05, 0) is 41.7 Å². The van der Waals surface area contributed by atoms with Gasteiger partial charge in [-0.3, -0.25) is 4.79 Å². The third kappa shape index (κ3) is 6.48. The Hall–Kier alpha value is -3.60. The first-order valence-corrected chi connectivity index (χ1v) is 9.85. The lowest BCUT2D eigenvalue weighted by atomic mass is 10.0. The van der Waals surface area contributed by atoms with Crippen LogP contribution in [0.4, 0.5) is 0 Å². The van der Waals surface area contributed by atoms with Gasteiger partial charge in [-0.15, -0.1) is 0 Å². The molecule has 0 aliphatic carbocycles. The third-order valence-electron chi connectivity index (χ3n) is 4.56. The summed E-state index contributed by atoms with van der Waals surface area (Å²) >= 11 is 0. The lowest BCUT2D eigenvalue weighted by Gasteiger charge is -2.19. The number of carboxylic acids is 1. The number of carboxylic acid groups (broad SMARTS) is 1. The van der Waals surface area contributed by atoms with Crippen molar-refractivity contribution in [1.82, 2.24) is 0 Å². The summed E-state index contributed by atoms with van der Waals surface area (Å²) in [6, 6.07) is 26.6. The molecule has 30 heavy (non-hydrogen) atoms. The molecule has 0 saturated carbocycles. The quantitative estimate of drug-likeness (QED) is 0.491. The van der Waals surface area contributed by atoms with Crippen LogP contribution in [-0.4, -0.2) is 23.7 Å². The molecule has 3 aromatic carbocycles. The third-order valence-corrected chi connectivity index (χ3v) is 4.56. The van der Waals surface area contributed by atoms with Crippen LogP contribution in [0.25, 0.3) is 0 Å². The Morgan fingerprint density at radius 1 is 0.833 bits per heavy atom.